The average Bonchev–Trinajstić information content (AvgIpc) is 2.71. The lowest BCUT2D eigenvalue weighted by molar-refractivity contribution is -0.131. The normalized spacial score (nSPS) is 13.6. The van der Waals surface area contributed by atoms with E-state index in [1.807, 2.05) is 0 Å². The third kappa shape index (κ3) is 3.95. The molecule has 2 aromatic rings. The molecule has 1 aliphatic rings. The number of hydrogen-bond donors (Lipinski definition) is 1. The van der Waals surface area contributed by atoms with E-state index in [2.05, 4.69) is 5.32 Å². The van der Waals surface area contributed by atoms with Crippen LogP contribution in [0.15, 0.2) is 42.5 Å². The SMILES string of the molecule is C[C@H](C(=O)Nc1ccc2c(c1)C(=O)c1ccccc1C2=O)N(C)CC(=O)N(C)C. The van der Waals surface area contributed by atoms with E-state index in [-0.39, 0.29) is 35.5 Å². The maximum absolute atomic E-state index is 12.8. The van der Waals surface area contributed by atoms with Gasteiger partial charge in [-0.25, -0.2) is 0 Å². The first kappa shape index (κ1) is 20.4. The molecule has 0 aromatic heterocycles. The van der Waals surface area contributed by atoms with Crippen molar-refractivity contribution in [2.45, 2.75) is 13.0 Å². The number of nitrogens with one attached hydrogen (secondary N) is 1. The van der Waals surface area contributed by atoms with E-state index in [1.165, 1.54) is 11.0 Å². The highest BCUT2D eigenvalue weighted by atomic mass is 16.2. The molecule has 1 aliphatic carbocycles. The molecule has 3 rings (SSSR count). The first-order chi connectivity index (χ1) is 13.7. The molecule has 0 saturated heterocycles. The van der Waals surface area contributed by atoms with Crippen molar-refractivity contribution < 1.29 is 19.2 Å². The smallest absolute Gasteiger partial charge is 0.241 e. The predicted molar refractivity (Wildman–Crippen MR) is 109 cm³/mol. The first-order valence-corrected chi connectivity index (χ1v) is 9.24. The number of anilines is 1. The molecule has 0 aliphatic heterocycles. The van der Waals surface area contributed by atoms with Crippen molar-refractivity contribution in [1.82, 2.24) is 9.80 Å². The third-order valence-corrected chi connectivity index (χ3v) is 5.12. The number of likely N-dealkylation sites (N-methyl/N-ethyl adjacent to an activating group) is 2. The highest BCUT2D eigenvalue weighted by Crippen LogP contribution is 2.29. The van der Waals surface area contributed by atoms with Crippen molar-refractivity contribution in [3.63, 3.8) is 0 Å². The molecule has 2 amide bonds. The van der Waals surface area contributed by atoms with Gasteiger partial charge in [-0.3, -0.25) is 24.1 Å². The van der Waals surface area contributed by atoms with E-state index in [4.69, 9.17) is 0 Å². The van der Waals surface area contributed by atoms with E-state index < -0.39 is 6.04 Å². The van der Waals surface area contributed by atoms with Crippen LogP contribution in [-0.2, 0) is 9.59 Å². The van der Waals surface area contributed by atoms with Crippen LogP contribution in [0, 0.1) is 0 Å². The molecule has 0 saturated carbocycles. The lowest BCUT2D eigenvalue weighted by atomic mass is 9.84. The summed E-state index contributed by atoms with van der Waals surface area (Å²) in [7, 11) is 5.01. The maximum atomic E-state index is 12.8. The van der Waals surface area contributed by atoms with Crippen molar-refractivity contribution in [3.05, 3.63) is 64.7 Å². The molecule has 29 heavy (non-hydrogen) atoms. The van der Waals surface area contributed by atoms with Crippen LogP contribution in [0.3, 0.4) is 0 Å². The Morgan fingerprint density at radius 1 is 0.897 bits per heavy atom. The first-order valence-electron chi connectivity index (χ1n) is 9.24. The fourth-order valence-electron chi connectivity index (χ4n) is 3.12. The van der Waals surface area contributed by atoms with Crippen LogP contribution in [0.4, 0.5) is 5.69 Å². The summed E-state index contributed by atoms with van der Waals surface area (Å²) in [6, 6.07) is 10.8. The van der Waals surface area contributed by atoms with Crippen LogP contribution in [0.2, 0.25) is 0 Å². The number of hydrogen-bond acceptors (Lipinski definition) is 5. The van der Waals surface area contributed by atoms with Gasteiger partial charge in [0.1, 0.15) is 0 Å². The number of ketones is 2. The Morgan fingerprint density at radius 3 is 2.03 bits per heavy atom. The van der Waals surface area contributed by atoms with Gasteiger partial charge in [-0.1, -0.05) is 24.3 Å². The minimum absolute atomic E-state index is 0.107. The Morgan fingerprint density at radius 2 is 1.45 bits per heavy atom. The molecule has 0 spiro atoms. The number of benzene rings is 2. The molecule has 0 heterocycles. The summed E-state index contributed by atoms with van der Waals surface area (Å²) >= 11 is 0. The summed E-state index contributed by atoms with van der Waals surface area (Å²) in [6.45, 7) is 1.80. The Labute approximate surface area is 169 Å². The van der Waals surface area contributed by atoms with Crippen molar-refractivity contribution >= 4 is 29.1 Å². The van der Waals surface area contributed by atoms with E-state index in [1.54, 1.807) is 69.4 Å². The summed E-state index contributed by atoms with van der Waals surface area (Å²) in [5.41, 5.74) is 1.78. The fraction of sp³-hybridized carbons (Fsp3) is 0.273. The van der Waals surface area contributed by atoms with Crippen LogP contribution >= 0.6 is 0 Å². The summed E-state index contributed by atoms with van der Waals surface area (Å²) in [4.78, 5) is 53.0. The lowest BCUT2D eigenvalue weighted by Crippen LogP contribution is -2.44. The predicted octanol–water partition coefficient (Wildman–Crippen LogP) is 1.81. The molecule has 7 nitrogen and oxygen atoms in total. The van der Waals surface area contributed by atoms with Crippen molar-refractivity contribution in [3.8, 4) is 0 Å². The van der Waals surface area contributed by atoms with Gasteiger partial charge in [0.05, 0.1) is 12.6 Å². The van der Waals surface area contributed by atoms with Crippen LogP contribution in [0.5, 0.6) is 0 Å². The Bertz CT molecular complexity index is 1010. The van der Waals surface area contributed by atoms with Crippen LogP contribution in [0.1, 0.15) is 38.8 Å². The zero-order chi connectivity index (χ0) is 21.3. The summed E-state index contributed by atoms with van der Waals surface area (Å²) in [5.74, 6) is -0.867. The average molecular weight is 393 g/mol. The number of amides is 2. The van der Waals surface area contributed by atoms with Crippen molar-refractivity contribution in [2.75, 3.05) is 33.0 Å². The van der Waals surface area contributed by atoms with Gasteiger partial charge < -0.3 is 10.2 Å². The number of rotatable bonds is 5. The Kier molecular flexibility index (Phi) is 5.61. The second-order valence-corrected chi connectivity index (χ2v) is 7.33. The molecule has 7 heteroatoms. The van der Waals surface area contributed by atoms with Crippen molar-refractivity contribution in [2.24, 2.45) is 0 Å². The number of nitrogens with zero attached hydrogens (tertiary/aromatic N) is 2. The Hall–Kier alpha value is -3.32. The zero-order valence-corrected chi connectivity index (χ0v) is 16.9. The minimum Gasteiger partial charge on any atom is -0.348 e. The molecule has 0 fully saturated rings. The molecule has 2 aromatic carbocycles. The molecular weight excluding hydrogens is 370 g/mol. The number of fused-ring (bicyclic) bond motifs is 2. The maximum Gasteiger partial charge on any atom is 0.241 e. The van der Waals surface area contributed by atoms with Crippen molar-refractivity contribution in [1.29, 1.82) is 0 Å². The molecule has 0 bridgehead atoms. The van der Waals surface area contributed by atoms with Gasteiger partial charge >= 0.3 is 0 Å². The van der Waals surface area contributed by atoms with E-state index in [9.17, 15) is 19.2 Å². The quantitative estimate of drug-likeness (QED) is 0.714. The number of carbonyl (C=O) groups excluding carboxylic acids is 4. The summed E-state index contributed by atoms with van der Waals surface area (Å²) < 4.78 is 0. The third-order valence-electron chi connectivity index (χ3n) is 5.12. The summed E-state index contributed by atoms with van der Waals surface area (Å²) in [6.07, 6.45) is 0. The van der Waals surface area contributed by atoms with E-state index in [0.29, 0.717) is 22.4 Å². The van der Waals surface area contributed by atoms with Gasteiger partial charge in [0.2, 0.25) is 11.8 Å². The topological polar surface area (TPSA) is 86.8 Å². The van der Waals surface area contributed by atoms with Crippen LogP contribution < -0.4 is 5.32 Å². The Balaban J connectivity index is 1.78. The van der Waals surface area contributed by atoms with Gasteiger partial charge in [0.25, 0.3) is 0 Å². The molecular formula is C22H23N3O4. The number of carbonyl (C=O) groups is 4. The second-order valence-electron chi connectivity index (χ2n) is 7.33. The van der Waals surface area contributed by atoms with Gasteiger partial charge in [0.15, 0.2) is 11.6 Å². The molecule has 150 valence electrons. The zero-order valence-electron chi connectivity index (χ0n) is 16.9. The molecule has 1 atom stereocenters. The largest absolute Gasteiger partial charge is 0.348 e. The monoisotopic (exact) mass is 393 g/mol. The minimum atomic E-state index is -0.562. The summed E-state index contributed by atoms with van der Waals surface area (Å²) in [5, 5.41) is 2.77. The molecule has 1 N–H and O–H groups in total. The standard InChI is InChI=1S/C22H23N3O4/c1-13(25(4)12-19(26)24(2)3)22(29)23-14-9-10-17-18(11-14)21(28)16-8-6-5-7-15(16)20(17)27/h5-11,13H,12H2,1-4H3,(H,23,29)/t13-/m1/s1. The van der Waals surface area contributed by atoms with E-state index >= 15 is 0 Å². The molecule has 0 radical (unpaired) electrons. The second kappa shape index (κ2) is 7.97. The highest BCUT2D eigenvalue weighted by molar-refractivity contribution is 6.28. The van der Waals surface area contributed by atoms with Gasteiger partial charge in [-0.05, 0) is 32.2 Å². The fourth-order valence-corrected chi connectivity index (χ4v) is 3.12. The molecule has 0 unspecified atom stereocenters. The van der Waals surface area contributed by atoms with Gasteiger partial charge in [0, 0.05) is 42.0 Å². The van der Waals surface area contributed by atoms with Gasteiger partial charge in [-0.2, -0.15) is 0 Å². The van der Waals surface area contributed by atoms with Crippen LogP contribution in [0.25, 0.3) is 0 Å². The van der Waals surface area contributed by atoms with E-state index in [0.717, 1.165) is 0 Å². The van der Waals surface area contributed by atoms with Gasteiger partial charge in [-0.15, -0.1) is 0 Å². The van der Waals surface area contributed by atoms with Crippen LogP contribution in [-0.4, -0.2) is 66.9 Å². The highest BCUT2D eigenvalue weighted by Gasteiger charge is 2.30. The lowest BCUT2D eigenvalue weighted by Gasteiger charge is -2.25.